The summed E-state index contributed by atoms with van der Waals surface area (Å²) in [7, 11) is 0. The van der Waals surface area contributed by atoms with E-state index in [9.17, 15) is 19.5 Å². The Morgan fingerprint density at radius 1 is 1.21 bits per heavy atom. The van der Waals surface area contributed by atoms with Crippen LogP contribution in [-0.2, 0) is 11.3 Å². The molecule has 2 aromatic rings. The zero-order chi connectivity index (χ0) is 24.6. The van der Waals surface area contributed by atoms with Gasteiger partial charge in [0.05, 0.1) is 18.3 Å². The molecule has 1 saturated heterocycles. The smallest absolute Gasteiger partial charge is 0.378 e. The molecule has 0 radical (unpaired) electrons. The van der Waals surface area contributed by atoms with Crippen molar-refractivity contribution in [2.45, 2.75) is 66.0 Å². The van der Waals surface area contributed by atoms with Crippen LogP contribution in [0.3, 0.4) is 0 Å². The van der Waals surface area contributed by atoms with Gasteiger partial charge in [0.15, 0.2) is 0 Å². The van der Waals surface area contributed by atoms with Crippen molar-refractivity contribution in [3.05, 3.63) is 33.8 Å². The summed E-state index contributed by atoms with van der Waals surface area (Å²) in [6.07, 6.45) is 8.58. The van der Waals surface area contributed by atoms with Crippen LogP contribution >= 0.6 is 0 Å². The molecule has 1 aliphatic heterocycles. The maximum atomic E-state index is 13.1. The van der Waals surface area contributed by atoms with Crippen molar-refractivity contribution in [2.75, 3.05) is 13.1 Å². The standard InChI is InChI=1S/C25H35N5O4/c1-15(2)14-29-23-18(5-8-20(31)28-11-9-17(10-12-28)16(3)4)13-26-30(23)25(34)21(24(29)33)22(32)27-19-6-7-19/h5,8,13,15-17,19H,6-7,9-12,14H2,1-4H3,(H2,27,32,33,34)/p+1/b8-5+. The van der Waals surface area contributed by atoms with Crippen molar-refractivity contribution in [2.24, 2.45) is 17.8 Å². The molecule has 0 aromatic carbocycles. The van der Waals surface area contributed by atoms with Crippen molar-refractivity contribution < 1.29 is 19.3 Å². The third kappa shape index (κ3) is 4.88. The second-order valence-electron chi connectivity index (χ2n) is 10.4. The van der Waals surface area contributed by atoms with Crippen LogP contribution in [-0.4, -0.2) is 50.6 Å². The van der Waals surface area contributed by atoms with E-state index in [1.165, 1.54) is 10.6 Å². The highest BCUT2D eigenvalue weighted by Crippen LogP contribution is 2.25. The van der Waals surface area contributed by atoms with E-state index in [0.29, 0.717) is 29.6 Å². The summed E-state index contributed by atoms with van der Waals surface area (Å²) >= 11 is 0. The summed E-state index contributed by atoms with van der Waals surface area (Å²) in [6.45, 7) is 10.3. The molecular weight excluding hydrogens is 434 g/mol. The average molecular weight is 471 g/mol. The third-order valence-electron chi connectivity index (χ3n) is 6.86. The first-order valence-electron chi connectivity index (χ1n) is 12.3. The molecule has 34 heavy (non-hydrogen) atoms. The van der Waals surface area contributed by atoms with Crippen LogP contribution < -0.4 is 15.4 Å². The minimum Gasteiger partial charge on any atom is -0.477 e. The Bertz CT molecular complexity index is 1160. The number of H-pyrrole nitrogens is 1. The largest absolute Gasteiger partial charge is 0.477 e. The number of hydrogen-bond donors (Lipinski definition) is 3. The van der Waals surface area contributed by atoms with Gasteiger partial charge >= 0.3 is 17.1 Å². The van der Waals surface area contributed by atoms with Crippen molar-refractivity contribution in [3.63, 3.8) is 0 Å². The summed E-state index contributed by atoms with van der Waals surface area (Å²) in [5, 5.41) is 16.7. The highest BCUT2D eigenvalue weighted by atomic mass is 16.3. The lowest BCUT2D eigenvalue weighted by atomic mass is 9.87. The molecule has 9 heteroatoms. The first-order chi connectivity index (χ1) is 16.2. The van der Waals surface area contributed by atoms with Crippen LogP contribution in [0, 0.1) is 17.8 Å². The number of amides is 2. The lowest BCUT2D eigenvalue weighted by Crippen LogP contribution is -2.46. The number of carbonyl (C=O) groups excluding carboxylic acids is 2. The molecule has 1 aliphatic carbocycles. The molecule has 2 amide bonds. The van der Waals surface area contributed by atoms with Gasteiger partial charge in [-0.15, -0.1) is 0 Å². The molecule has 2 fully saturated rings. The topological polar surface area (TPSA) is 111 Å². The summed E-state index contributed by atoms with van der Waals surface area (Å²) in [6, 6.07) is 0.0595. The van der Waals surface area contributed by atoms with Gasteiger partial charge in [0.25, 0.3) is 5.91 Å². The number of likely N-dealkylation sites (tertiary alicyclic amines) is 1. The number of carbonyl (C=O) groups is 2. The predicted molar refractivity (Wildman–Crippen MR) is 128 cm³/mol. The molecule has 0 spiro atoms. The van der Waals surface area contributed by atoms with Gasteiger partial charge in [-0.25, -0.2) is 9.89 Å². The summed E-state index contributed by atoms with van der Waals surface area (Å²) in [4.78, 5) is 40.5. The Labute approximate surface area is 199 Å². The minimum atomic E-state index is -0.618. The number of rotatable bonds is 7. The van der Waals surface area contributed by atoms with E-state index in [1.807, 2.05) is 18.7 Å². The molecule has 2 aromatic heterocycles. The van der Waals surface area contributed by atoms with Crippen LogP contribution in [0.4, 0.5) is 0 Å². The molecule has 3 heterocycles. The molecule has 184 valence electrons. The normalized spacial score (nSPS) is 17.4. The van der Waals surface area contributed by atoms with Crippen LogP contribution in [0.15, 0.2) is 17.1 Å². The molecular formula is C25H36N5O4+. The van der Waals surface area contributed by atoms with E-state index in [0.717, 1.165) is 38.8 Å². The zero-order valence-corrected chi connectivity index (χ0v) is 20.5. The minimum absolute atomic E-state index is 0.0595. The van der Waals surface area contributed by atoms with Gasteiger partial charge in [-0.1, -0.05) is 32.2 Å². The first-order valence-corrected chi connectivity index (χ1v) is 12.3. The Morgan fingerprint density at radius 3 is 2.47 bits per heavy atom. The number of hydrogen-bond acceptors (Lipinski definition) is 4. The van der Waals surface area contributed by atoms with E-state index in [4.69, 9.17) is 0 Å². The second kappa shape index (κ2) is 9.64. The fraction of sp³-hybridized carbons (Fsp3) is 0.600. The number of nitrogens with zero attached hydrogens (tertiary/aromatic N) is 3. The van der Waals surface area contributed by atoms with Crippen LogP contribution in [0.1, 0.15) is 69.3 Å². The Hall–Kier alpha value is -3.10. The Balaban J connectivity index is 1.65. The first kappa shape index (κ1) is 24.0. The Kier molecular flexibility index (Phi) is 6.81. The highest BCUT2D eigenvalue weighted by molar-refractivity contribution is 5.96. The van der Waals surface area contributed by atoms with E-state index in [1.54, 1.807) is 16.8 Å². The maximum absolute atomic E-state index is 13.1. The van der Waals surface area contributed by atoms with Crippen LogP contribution in [0.5, 0.6) is 5.88 Å². The maximum Gasteiger partial charge on any atom is 0.378 e. The summed E-state index contributed by atoms with van der Waals surface area (Å²) in [5.74, 6) is 0.434. The molecule has 1 saturated carbocycles. The van der Waals surface area contributed by atoms with E-state index >= 15 is 0 Å². The number of aromatic nitrogens is 3. The average Bonchev–Trinajstić information content (AvgIpc) is 3.50. The number of fused-ring (bicyclic) bond motifs is 1. The summed E-state index contributed by atoms with van der Waals surface area (Å²) < 4.78 is 2.84. The molecule has 0 bridgehead atoms. The van der Waals surface area contributed by atoms with E-state index in [2.05, 4.69) is 24.3 Å². The van der Waals surface area contributed by atoms with E-state index in [-0.39, 0.29) is 29.3 Å². The summed E-state index contributed by atoms with van der Waals surface area (Å²) in [5.41, 5.74) is 0.119. The predicted octanol–water partition coefficient (Wildman–Crippen LogP) is 2.08. The molecule has 2 aliphatic rings. The lowest BCUT2D eigenvalue weighted by molar-refractivity contribution is -0.686. The van der Waals surface area contributed by atoms with Crippen molar-refractivity contribution in [1.29, 1.82) is 0 Å². The molecule has 4 rings (SSSR count). The number of aromatic amines is 1. The molecule has 3 N–H and O–H groups in total. The van der Waals surface area contributed by atoms with Crippen molar-refractivity contribution >= 4 is 23.5 Å². The lowest BCUT2D eigenvalue weighted by Gasteiger charge is -2.33. The van der Waals surface area contributed by atoms with Gasteiger partial charge < -0.3 is 15.3 Å². The highest BCUT2D eigenvalue weighted by Gasteiger charge is 2.34. The van der Waals surface area contributed by atoms with Crippen molar-refractivity contribution in [1.82, 2.24) is 19.8 Å². The number of piperidine rings is 1. The fourth-order valence-electron chi connectivity index (χ4n) is 4.66. The molecule has 9 nitrogen and oxygen atoms in total. The molecule has 0 atom stereocenters. The zero-order valence-electron chi connectivity index (χ0n) is 20.5. The van der Waals surface area contributed by atoms with Crippen LogP contribution in [0.2, 0.25) is 0 Å². The fourth-order valence-corrected chi connectivity index (χ4v) is 4.66. The van der Waals surface area contributed by atoms with Gasteiger partial charge in [-0.2, -0.15) is 4.57 Å². The van der Waals surface area contributed by atoms with Gasteiger partial charge in [-0.05, 0) is 49.5 Å². The van der Waals surface area contributed by atoms with Crippen LogP contribution in [0.25, 0.3) is 11.7 Å². The van der Waals surface area contributed by atoms with Gasteiger partial charge in [-0.3, -0.25) is 9.59 Å². The third-order valence-corrected chi connectivity index (χ3v) is 6.86. The Morgan fingerprint density at radius 2 is 1.88 bits per heavy atom. The van der Waals surface area contributed by atoms with Gasteiger partial charge in [0, 0.05) is 25.2 Å². The monoisotopic (exact) mass is 470 g/mol. The quantitative estimate of drug-likeness (QED) is 0.425. The number of nitrogens with one attached hydrogen (secondary N) is 2. The van der Waals surface area contributed by atoms with Crippen molar-refractivity contribution in [3.8, 4) is 5.88 Å². The van der Waals surface area contributed by atoms with Gasteiger partial charge in [0.2, 0.25) is 11.5 Å². The second-order valence-corrected chi connectivity index (χ2v) is 10.4. The SMILES string of the molecule is CC(C)C[n+]1c(O)c(C(=O)NC2CC2)c(=O)n2[nH]cc(/C=C/C(=O)N3CCC(C(C)C)CC3)c21. The van der Waals surface area contributed by atoms with Gasteiger partial charge in [0.1, 0.15) is 0 Å². The number of aromatic hydroxyl groups is 1. The molecule has 0 unspecified atom stereocenters. The van der Waals surface area contributed by atoms with E-state index < -0.39 is 11.5 Å².